The van der Waals surface area contributed by atoms with Gasteiger partial charge in [-0.25, -0.2) is 0 Å². The minimum atomic E-state index is 0.416. The van der Waals surface area contributed by atoms with E-state index >= 15 is 0 Å². The lowest BCUT2D eigenvalue weighted by Gasteiger charge is -2.16. The third kappa shape index (κ3) is 4.96. The lowest BCUT2D eigenvalue weighted by Crippen LogP contribution is -2.32. The van der Waals surface area contributed by atoms with E-state index in [1.165, 1.54) is 5.56 Å². The Bertz CT molecular complexity index is 248. The number of rotatable bonds is 7. The molecule has 0 amide bonds. The summed E-state index contributed by atoms with van der Waals surface area (Å²) >= 11 is 0. The van der Waals surface area contributed by atoms with Gasteiger partial charge in [0.15, 0.2) is 0 Å². The van der Waals surface area contributed by atoms with Gasteiger partial charge >= 0.3 is 0 Å². The van der Waals surface area contributed by atoms with Crippen molar-refractivity contribution in [1.29, 1.82) is 0 Å². The highest BCUT2D eigenvalue weighted by Crippen LogP contribution is 2.03. The summed E-state index contributed by atoms with van der Waals surface area (Å²) in [6.45, 7) is 3.78. The van der Waals surface area contributed by atoms with Crippen LogP contribution in [0.25, 0.3) is 0 Å². The Balaban J connectivity index is 2.33. The van der Waals surface area contributed by atoms with Crippen LogP contribution in [0.1, 0.15) is 18.9 Å². The van der Waals surface area contributed by atoms with Gasteiger partial charge in [-0.15, -0.1) is 0 Å². The molecule has 1 N–H and O–H groups in total. The number of hydrogen-bond donors (Lipinski definition) is 1. The number of hydrogen-bond acceptors (Lipinski definition) is 2. The minimum Gasteiger partial charge on any atom is -0.380 e. The SMILES string of the molecule is CCCOCC(Cc1ccccc1)NC. The Hall–Kier alpha value is -0.860. The molecule has 0 saturated carbocycles. The number of likely N-dealkylation sites (N-methyl/N-ethyl adjacent to an activating group) is 1. The molecular formula is C13H21NO. The summed E-state index contributed by atoms with van der Waals surface area (Å²) in [6.07, 6.45) is 2.11. The Morgan fingerprint density at radius 3 is 2.60 bits per heavy atom. The van der Waals surface area contributed by atoms with Gasteiger partial charge in [-0.1, -0.05) is 37.3 Å². The maximum atomic E-state index is 5.55. The van der Waals surface area contributed by atoms with Crippen molar-refractivity contribution in [2.24, 2.45) is 0 Å². The smallest absolute Gasteiger partial charge is 0.0622 e. The van der Waals surface area contributed by atoms with E-state index in [9.17, 15) is 0 Å². The molecule has 0 fully saturated rings. The molecule has 1 rings (SSSR count). The molecule has 0 aliphatic rings. The monoisotopic (exact) mass is 207 g/mol. The molecule has 0 aromatic heterocycles. The normalized spacial score (nSPS) is 12.7. The van der Waals surface area contributed by atoms with Gasteiger partial charge in [0.1, 0.15) is 0 Å². The first-order valence-corrected chi connectivity index (χ1v) is 5.65. The minimum absolute atomic E-state index is 0.416. The van der Waals surface area contributed by atoms with Gasteiger partial charge in [0, 0.05) is 12.6 Å². The van der Waals surface area contributed by atoms with Crippen molar-refractivity contribution in [3.8, 4) is 0 Å². The molecule has 0 spiro atoms. The van der Waals surface area contributed by atoms with Crippen molar-refractivity contribution < 1.29 is 4.74 Å². The standard InChI is InChI=1S/C13H21NO/c1-3-9-15-11-13(14-2)10-12-7-5-4-6-8-12/h4-8,13-14H,3,9-11H2,1-2H3. The average molecular weight is 207 g/mol. The second-order valence-corrected chi connectivity index (χ2v) is 3.75. The largest absolute Gasteiger partial charge is 0.380 e. The Kier molecular flexibility index (Phi) is 6.05. The van der Waals surface area contributed by atoms with E-state index in [1.54, 1.807) is 0 Å². The van der Waals surface area contributed by atoms with Crippen molar-refractivity contribution in [3.63, 3.8) is 0 Å². The summed E-state index contributed by atoms with van der Waals surface area (Å²) in [5.41, 5.74) is 1.36. The van der Waals surface area contributed by atoms with E-state index in [1.807, 2.05) is 13.1 Å². The van der Waals surface area contributed by atoms with Gasteiger partial charge < -0.3 is 10.1 Å². The summed E-state index contributed by atoms with van der Waals surface area (Å²) < 4.78 is 5.55. The Morgan fingerprint density at radius 2 is 2.00 bits per heavy atom. The fourth-order valence-corrected chi connectivity index (χ4v) is 1.51. The predicted octanol–water partition coefficient (Wildman–Crippen LogP) is 2.24. The number of ether oxygens (including phenoxy) is 1. The zero-order chi connectivity index (χ0) is 10.9. The highest BCUT2D eigenvalue weighted by Gasteiger charge is 2.06. The van der Waals surface area contributed by atoms with E-state index in [-0.39, 0.29) is 0 Å². The zero-order valence-electron chi connectivity index (χ0n) is 9.70. The van der Waals surface area contributed by atoms with E-state index in [2.05, 4.69) is 36.5 Å². The molecule has 0 saturated heterocycles. The summed E-state index contributed by atoms with van der Waals surface area (Å²) in [5, 5.41) is 3.28. The molecule has 1 aromatic rings. The van der Waals surface area contributed by atoms with Crippen LogP contribution in [0.2, 0.25) is 0 Å². The van der Waals surface area contributed by atoms with Crippen LogP contribution in [0, 0.1) is 0 Å². The summed E-state index contributed by atoms with van der Waals surface area (Å²) in [5.74, 6) is 0. The summed E-state index contributed by atoms with van der Waals surface area (Å²) in [6, 6.07) is 10.9. The third-order valence-corrected chi connectivity index (χ3v) is 2.40. The predicted molar refractivity (Wildman–Crippen MR) is 64.1 cm³/mol. The van der Waals surface area contributed by atoms with Crippen LogP contribution in [-0.2, 0) is 11.2 Å². The average Bonchev–Trinajstić information content (AvgIpc) is 2.29. The van der Waals surface area contributed by atoms with Gasteiger partial charge in [-0.05, 0) is 25.5 Å². The maximum absolute atomic E-state index is 5.55. The fourth-order valence-electron chi connectivity index (χ4n) is 1.51. The second-order valence-electron chi connectivity index (χ2n) is 3.75. The molecule has 0 bridgehead atoms. The summed E-state index contributed by atoms with van der Waals surface area (Å²) in [4.78, 5) is 0. The molecule has 2 nitrogen and oxygen atoms in total. The first-order valence-electron chi connectivity index (χ1n) is 5.65. The van der Waals surface area contributed by atoms with Crippen molar-refractivity contribution in [1.82, 2.24) is 5.32 Å². The van der Waals surface area contributed by atoms with Gasteiger partial charge in [0.25, 0.3) is 0 Å². The van der Waals surface area contributed by atoms with Crippen molar-refractivity contribution in [3.05, 3.63) is 35.9 Å². The number of nitrogens with one attached hydrogen (secondary N) is 1. The molecule has 2 heteroatoms. The highest BCUT2D eigenvalue weighted by molar-refractivity contribution is 5.15. The molecule has 1 aromatic carbocycles. The van der Waals surface area contributed by atoms with Crippen LogP contribution in [-0.4, -0.2) is 26.3 Å². The molecule has 0 radical (unpaired) electrons. The van der Waals surface area contributed by atoms with Crippen LogP contribution < -0.4 is 5.32 Å². The van der Waals surface area contributed by atoms with Gasteiger partial charge in [-0.2, -0.15) is 0 Å². The van der Waals surface area contributed by atoms with Crippen LogP contribution in [0.3, 0.4) is 0 Å². The van der Waals surface area contributed by atoms with E-state index in [0.29, 0.717) is 6.04 Å². The molecule has 15 heavy (non-hydrogen) atoms. The van der Waals surface area contributed by atoms with E-state index in [0.717, 1.165) is 26.1 Å². The quantitative estimate of drug-likeness (QED) is 0.692. The van der Waals surface area contributed by atoms with Crippen molar-refractivity contribution in [2.75, 3.05) is 20.3 Å². The lowest BCUT2D eigenvalue weighted by atomic mass is 10.1. The highest BCUT2D eigenvalue weighted by atomic mass is 16.5. The van der Waals surface area contributed by atoms with E-state index in [4.69, 9.17) is 4.74 Å². The summed E-state index contributed by atoms with van der Waals surface area (Å²) in [7, 11) is 1.99. The molecule has 84 valence electrons. The third-order valence-electron chi connectivity index (χ3n) is 2.40. The van der Waals surface area contributed by atoms with E-state index < -0.39 is 0 Å². The zero-order valence-corrected chi connectivity index (χ0v) is 9.70. The first-order chi connectivity index (χ1) is 7.36. The van der Waals surface area contributed by atoms with Gasteiger partial charge in [-0.3, -0.25) is 0 Å². The molecule has 1 unspecified atom stereocenters. The second kappa shape index (κ2) is 7.43. The van der Waals surface area contributed by atoms with Crippen LogP contribution in [0.5, 0.6) is 0 Å². The topological polar surface area (TPSA) is 21.3 Å². The molecule has 0 heterocycles. The Labute approximate surface area is 92.6 Å². The number of benzene rings is 1. The van der Waals surface area contributed by atoms with Gasteiger partial charge in [0.05, 0.1) is 6.61 Å². The molecule has 0 aliphatic carbocycles. The molecular weight excluding hydrogens is 186 g/mol. The molecule has 0 aliphatic heterocycles. The first kappa shape index (κ1) is 12.2. The maximum Gasteiger partial charge on any atom is 0.0622 e. The molecule has 1 atom stereocenters. The lowest BCUT2D eigenvalue weighted by molar-refractivity contribution is 0.114. The fraction of sp³-hybridized carbons (Fsp3) is 0.538. The Morgan fingerprint density at radius 1 is 1.27 bits per heavy atom. The van der Waals surface area contributed by atoms with Crippen molar-refractivity contribution in [2.45, 2.75) is 25.8 Å². The van der Waals surface area contributed by atoms with Gasteiger partial charge in [0.2, 0.25) is 0 Å². The van der Waals surface area contributed by atoms with Crippen LogP contribution >= 0.6 is 0 Å². The van der Waals surface area contributed by atoms with Crippen molar-refractivity contribution >= 4 is 0 Å². The van der Waals surface area contributed by atoms with Crippen LogP contribution in [0.15, 0.2) is 30.3 Å². The van der Waals surface area contributed by atoms with Crippen LogP contribution in [0.4, 0.5) is 0 Å².